The van der Waals surface area contributed by atoms with Gasteiger partial charge in [-0.15, -0.1) is 0 Å². The predicted molar refractivity (Wildman–Crippen MR) is 80.9 cm³/mol. The Hall–Kier alpha value is -1.96. The number of anilines is 1. The highest BCUT2D eigenvalue weighted by atomic mass is 16.5. The van der Waals surface area contributed by atoms with Crippen LogP contribution in [0.15, 0.2) is 42.5 Å². The van der Waals surface area contributed by atoms with Crippen molar-refractivity contribution in [2.75, 3.05) is 12.4 Å². The molecule has 0 saturated carbocycles. The second kappa shape index (κ2) is 5.79. The molecule has 0 aliphatic carbocycles. The van der Waals surface area contributed by atoms with Crippen molar-refractivity contribution in [1.29, 1.82) is 0 Å². The highest BCUT2D eigenvalue weighted by Crippen LogP contribution is 2.26. The molecule has 1 unspecified atom stereocenters. The van der Waals surface area contributed by atoms with Crippen LogP contribution in [0.1, 0.15) is 29.7 Å². The third-order valence-corrected chi connectivity index (χ3v) is 3.46. The molecule has 0 spiro atoms. The Balaban J connectivity index is 2.18. The molecule has 0 heterocycles. The Morgan fingerprint density at radius 1 is 0.947 bits per heavy atom. The van der Waals surface area contributed by atoms with E-state index in [9.17, 15) is 0 Å². The molecule has 2 aromatic carbocycles. The Kier molecular flexibility index (Phi) is 4.10. The van der Waals surface area contributed by atoms with Gasteiger partial charge in [0.15, 0.2) is 0 Å². The molecule has 0 aliphatic rings. The zero-order valence-corrected chi connectivity index (χ0v) is 12.0. The van der Waals surface area contributed by atoms with Gasteiger partial charge < -0.3 is 10.1 Å². The summed E-state index contributed by atoms with van der Waals surface area (Å²) in [5.74, 6) is 0.892. The van der Waals surface area contributed by atoms with E-state index in [4.69, 9.17) is 4.74 Å². The molecular formula is C17H21NO. The van der Waals surface area contributed by atoms with E-state index in [1.54, 1.807) is 7.11 Å². The number of rotatable bonds is 4. The highest BCUT2D eigenvalue weighted by Gasteiger charge is 2.08. The number of methoxy groups -OCH3 is 1. The molecule has 0 amide bonds. The van der Waals surface area contributed by atoms with Crippen LogP contribution in [0.4, 0.5) is 5.69 Å². The van der Waals surface area contributed by atoms with Crippen LogP contribution in [0.5, 0.6) is 5.75 Å². The van der Waals surface area contributed by atoms with E-state index in [0.717, 1.165) is 5.75 Å². The average Bonchev–Trinajstić information content (AvgIpc) is 2.43. The van der Waals surface area contributed by atoms with Gasteiger partial charge in [0.05, 0.1) is 7.11 Å². The van der Waals surface area contributed by atoms with Gasteiger partial charge in [-0.1, -0.05) is 30.3 Å². The van der Waals surface area contributed by atoms with E-state index in [-0.39, 0.29) is 6.04 Å². The maximum absolute atomic E-state index is 5.19. The summed E-state index contributed by atoms with van der Waals surface area (Å²) < 4.78 is 5.19. The van der Waals surface area contributed by atoms with Crippen LogP contribution in [-0.2, 0) is 0 Å². The summed E-state index contributed by atoms with van der Waals surface area (Å²) in [7, 11) is 1.69. The lowest BCUT2D eigenvalue weighted by atomic mass is 10.0. The summed E-state index contributed by atoms with van der Waals surface area (Å²) in [6.45, 7) is 6.44. The quantitative estimate of drug-likeness (QED) is 0.869. The second-order valence-electron chi connectivity index (χ2n) is 4.91. The summed E-state index contributed by atoms with van der Waals surface area (Å²) in [4.78, 5) is 0. The first-order valence-electron chi connectivity index (χ1n) is 6.58. The van der Waals surface area contributed by atoms with Crippen molar-refractivity contribution in [3.63, 3.8) is 0 Å². The maximum Gasteiger partial charge on any atom is 0.118 e. The number of hydrogen-bond donors (Lipinski definition) is 1. The minimum atomic E-state index is 0.269. The predicted octanol–water partition coefficient (Wildman–Crippen LogP) is 4.49. The van der Waals surface area contributed by atoms with Crippen LogP contribution in [0, 0.1) is 13.8 Å². The summed E-state index contributed by atoms with van der Waals surface area (Å²) in [5.41, 5.74) is 5.04. The fraction of sp³-hybridized carbons (Fsp3) is 0.294. The molecule has 100 valence electrons. The smallest absolute Gasteiger partial charge is 0.118 e. The molecule has 2 aromatic rings. The molecule has 0 saturated heterocycles. The maximum atomic E-state index is 5.19. The topological polar surface area (TPSA) is 21.3 Å². The molecule has 19 heavy (non-hydrogen) atoms. The SMILES string of the molecule is COc1ccc(C(C)Nc2c(C)cccc2C)cc1. The minimum Gasteiger partial charge on any atom is -0.497 e. The van der Waals surface area contributed by atoms with Crippen molar-refractivity contribution in [1.82, 2.24) is 0 Å². The number of nitrogens with one attached hydrogen (secondary N) is 1. The van der Waals surface area contributed by atoms with Crippen molar-refractivity contribution in [2.45, 2.75) is 26.8 Å². The van der Waals surface area contributed by atoms with Gasteiger partial charge in [0.25, 0.3) is 0 Å². The first-order valence-corrected chi connectivity index (χ1v) is 6.58. The molecule has 0 fully saturated rings. The van der Waals surface area contributed by atoms with Crippen molar-refractivity contribution in [3.8, 4) is 5.75 Å². The summed E-state index contributed by atoms with van der Waals surface area (Å²) >= 11 is 0. The van der Waals surface area contributed by atoms with E-state index in [1.807, 2.05) is 12.1 Å². The second-order valence-corrected chi connectivity index (χ2v) is 4.91. The third kappa shape index (κ3) is 3.08. The largest absolute Gasteiger partial charge is 0.497 e. The van der Waals surface area contributed by atoms with Gasteiger partial charge in [-0.2, -0.15) is 0 Å². The first kappa shape index (κ1) is 13.5. The lowest BCUT2D eigenvalue weighted by Crippen LogP contribution is -2.08. The molecule has 0 radical (unpaired) electrons. The molecule has 1 N–H and O–H groups in total. The fourth-order valence-electron chi connectivity index (χ4n) is 2.23. The van der Waals surface area contributed by atoms with E-state index in [1.165, 1.54) is 22.4 Å². The zero-order chi connectivity index (χ0) is 13.8. The van der Waals surface area contributed by atoms with Gasteiger partial charge in [-0.05, 0) is 49.6 Å². The molecule has 2 rings (SSSR count). The Labute approximate surface area is 115 Å². The van der Waals surface area contributed by atoms with Crippen molar-refractivity contribution in [3.05, 3.63) is 59.2 Å². The number of para-hydroxylation sites is 1. The third-order valence-electron chi connectivity index (χ3n) is 3.46. The van der Waals surface area contributed by atoms with Crippen molar-refractivity contribution in [2.24, 2.45) is 0 Å². The van der Waals surface area contributed by atoms with Gasteiger partial charge in [-0.3, -0.25) is 0 Å². The number of benzene rings is 2. The molecule has 2 nitrogen and oxygen atoms in total. The Morgan fingerprint density at radius 2 is 1.53 bits per heavy atom. The van der Waals surface area contributed by atoms with Gasteiger partial charge in [0.1, 0.15) is 5.75 Å². The van der Waals surface area contributed by atoms with E-state index >= 15 is 0 Å². The molecule has 0 aromatic heterocycles. The summed E-state index contributed by atoms with van der Waals surface area (Å²) in [5, 5.41) is 3.59. The number of aryl methyl sites for hydroxylation is 2. The molecular weight excluding hydrogens is 234 g/mol. The Morgan fingerprint density at radius 3 is 2.05 bits per heavy atom. The normalized spacial score (nSPS) is 12.0. The lowest BCUT2D eigenvalue weighted by molar-refractivity contribution is 0.414. The number of hydrogen-bond acceptors (Lipinski definition) is 2. The fourth-order valence-corrected chi connectivity index (χ4v) is 2.23. The van der Waals surface area contributed by atoms with E-state index in [2.05, 4.69) is 56.4 Å². The van der Waals surface area contributed by atoms with E-state index < -0.39 is 0 Å². The van der Waals surface area contributed by atoms with Crippen molar-refractivity contribution >= 4 is 5.69 Å². The number of ether oxygens (including phenoxy) is 1. The standard InChI is InChI=1S/C17H21NO/c1-12-6-5-7-13(2)17(12)18-14(3)15-8-10-16(19-4)11-9-15/h5-11,14,18H,1-4H3. The monoisotopic (exact) mass is 255 g/mol. The first-order chi connectivity index (χ1) is 9.11. The van der Waals surface area contributed by atoms with Crippen LogP contribution in [-0.4, -0.2) is 7.11 Å². The van der Waals surface area contributed by atoms with Crippen LogP contribution < -0.4 is 10.1 Å². The van der Waals surface area contributed by atoms with Gasteiger partial charge in [0, 0.05) is 11.7 Å². The van der Waals surface area contributed by atoms with Crippen LogP contribution in [0.25, 0.3) is 0 Å². The lowest BCUT2D eigenvalue weighted by Gasteiger charge is -2.19. The molecule has 2 heteroatoms. The molecule has 0 aliphatic heterocycles. The van der Waals surface area contributed by atoms with Crippen LogP contribution in [0.3, 0.4) is 0 Å². The minimum absolute atomic E-state index is 0.269. The van der Waals surface area contributed by atoms with Gasteiger partial charge in [-0.25, -0.2) is 0 Å². The van der Waals surface area contributed by atoms with Gasteiger partial charge in [0.2, 0.25) is 0 Å². The summed E-state index contributed by atoms with van der Waals surface area (Å²) in [6.07, 6.45) is 0. The molecule has 1 atom stereocenters. The average molecular weight is 255 g/mol. The summed E-state index contributed by atoms with van der Waals surface area (Å²) in [6, 6.07) is 14.8. The van der Waals surface area contributed by atoms with Crippen molar-refractivity contribution < 1.29 is 4.74 Å². The van der Waals surface area contributed by atoms with Crippen LogP contribution in [0.2, 0.25) is 0 Å². The van der Waals surface area contributed by atoms with Crippen LogP contribution >= 0.6 is 0 Å². The van der Waals surface area contributed by atoms with Gasteiger partial charge >= 0.3 is 0 Å². The molecule has 0 bridgehead atoms. The zero-order valence-electron chi connectivity index (χ0n) is 12.0. The van der Waals surface area contributed by atoms with E-state index in [0.29, 0.717) is 0 Å². The Bertz CT molecular complexity index is 525. The highest BCUT2D eigenvalue weighted by molar-refractivity contribution is 5.57.